The van der Waals surface area contributed by atoms with E-state index in [1.165, 1.54) is 0 Å². The highest BCUT2D eigenvalue weighted by atomic mass is 35.5. The van der Waals surface area contributed by atoms with Crippen molar-refractivity contribution in [3.05, 3.63) is 58.4 Å². The van der Waals surface area contributed by atoms with E-state index in [0.29, 0.717) is 0 Å². The van der Waals surface area contributed by atoms with Gasteiger partial charge in [-0.3, -0.25) is 0 Å². The minimum Gasteiger partial charge on any atom is -0.379 e. The molecule has 0 aliphatic rings. The molecule has 0 atom stereocenters. The first kappa shape index (κ1) is 14.8. The molecule has 0 unspecified atom stereocenters. The number of aryl methyl sites for hydroxylation is 2. The number of benzene rings is 2. The van der Waals surface area contributed by atoms with Gasteiger partial charge >= 0.3 is 10.1 Å². The Kier molecular flexibility index (Phi) is 4.01. The van der Waals surface area contributed by atoms with E-state index >= 15 is 0 Å². The van der Waals surface area contributed by atoms with Gasteiger partial charge in [-0.2, -0.15) is 8.42 Å². The van der Waals surface area contributed by atoms with E-state index in [9.17, 15) is 12.8 Å². The summed E-state index contributed by atoms with van der Waals surface area (Å²) in [5.74, 6) is -0.414. The van der Waals surface area contributed by atoms with E-state index in [4.69, 9.17) is 15.8 Å². The van der Waals surface area contributed by atoms with Crippen molar-refractivity contribution in [3.8, 4) is 5.75 Å². The van der Waals surface area contributed by atoms with Crippen LogP contribution < -0.4 is 4.18 Å². The zero-order valence-corrected chi connectivity index (χ0v) is 12.4. The Morgan fingerprint density at radius 3 is 2.20 bits per heavy atom. The van der Waals surface area contributed by atoms with Crippen LogP contribution in [0.5, 0.6) is 5.75 Å². The summed E-state index contributed by atoms with van der Waals surface area (Å²) in [5, 5.41) is -0.214. The molecule has 2 rings (SSSR count). The van der Waals surface area contributed by atoms with Crippen molar-refractivity contribution < 1.29 is 17.0 Å². The van der Waals surface area contributed by atoms with Crippen LogP contribution in [0.25, 0.3) is 0 Å². The smallest absolute Gasteiger partial charge is 0.340 e. The summed E-state index contributed by atoms with van der Waals surface area (Å²) in [5.41, 5.74) is 1.75. The van der Waals surface area contributed by atoms with Crippen LogP contribution in [-0.4, -0.2) is 8.42 Å². The van der Waals surface area contributed by atoms with Crippen LogP contribution in [-0.2, 0) is 10.1 Å². The Morgan fingerprint density at radius 1 is 1.05 bits per heavy atom. The monoisotopic (exact) mass is 314 g/mol. The van der Waals surface area contributed by atoms with E-state index < -0.39 is 15.9 Å². The lowest BCUT2D eigenvalue weighted by molar-refractivity contribution is 0.485. The molecule has 0 aliphatic carbocycles. The minimum atomic E-state index is -4.09. The lowest BCUT2D eigenvalue weighted by Gasteiger charge is -2.09. The molecule has 106 valence electrons. The normalized spacial score (nSPS) is 11.4. The van der Waals surface area contributed by atoms with Crippen LogP contribution in [0.2, 0.25) is 5.02 Å². The molecule has 0 spiro atoms. The van der Waals surface area contributed by atoms with Crippen LogP contribution in [0.4, 0.5) is 4.39 Å². The molecule has 0 amide bonds. The summed E-state index contributed by atoms with van der Waals surface area (Å²) in [7, 11) is -4.09. The van der Waals surface area contributed by atoms with E-state index in [0.717, 1.165) is 29.3 Å². The average Bonchev–Trinajstić information content (AvgIpc) is 2.25. The van der Waals surface area contributed by atoms with Gasteiger partial charge in [-0.1, -0.05) is 17.7 Å². The first-order valence-corrected chi connectivity index (χ1v) is 7.54. The lowest BCUT2D eigenvalue weighted by atomic mass is 10.1. The summed E-state index contributed by atoms with van der Waals surface area (Å²) in [6.45, 7) is 3.66. The van der Waals surface area contributed by atoms with Crippen molar-refractivity contribution in [2.45, 2.75) is 18.7 Å². The maximum Gasteiger partial charge on any atom is 0.340 e. The highest BCUT2D eigenvalue weighted by Crippen LogP contribution is 2.26. The number of rotatable bonds is 3. The molecule has 0 saturated carbocycles. The first-order valence-electron chi connectivity index (χ1n) is 5.76. The Balaban J connectivity index is 2.40. The van der Waals surface area contributed by atoms with Gasteiger partial charge in [-0.05, 0) is 55.3 Å². The molecule has 0 fully saturated rings. The van der Waals surface area contributed by atoms with Gasteiger partial charge in [0.1, 0.15) is 16.5 Å². The number of halogens is 2. The van der Waals surface area contributed by atoms with Gasteiger partial charge in [0.25, 0.3) is 0 Å². The van der Waals surface area contributed by atoms with Crippen LogP contribution in [0.1, 0.15) is 11.1 Å². The fourth-order valence-electron chi connectivity index (χ4n) is 1.83. The topological polar surface area (TPSA) is 43.4 Å². The van der Waals surface area contributed by atoms with Gasteiger partial charge in [0.15, 0.2) is 0 Å². The van der Waals surface area contributed by atoms with Crippen molar-refractivity contribution in [2.24, 2.45) is 0 Å². The Hall–Kier alpha value is -1.59. The molecule has 6 heteroatoms. The Labute approximate surface area is 122 Å². The van der Waals surface area contributed by atoms with Crippen molar-refractivity contribution in [1.29, 1.82) is 0 Å². The van der Waals surface area contributed by atoms with Crippen LogP contribution in [0, 0.1) is 19.7 Å². The molecular weight excluding hydrogens is 303 g/mol. The van der Waals surface area contributed by atoms with E-state index in [-0.39, 0.29) is 15.7 Å². The highest BCUT2D eigenvalue weighted by Gasteiger charge is 2.21. The average molecular weight is 315 g/mol. The highest BCUT2D eigenvalue weighted by molar-refractivity contribution is 7.87. The van der Waals surface area contributed by atoms with Gasteiger partial charge in [0.05, 0.1) is 5.02 Å². The van der Waals surface area contributed by atoms with Gasteiger partial charge in [-0.25, -0.2) is 4.39 Å². The Bertz CT molecular complexity index is 737. The maximum absolute atomic E-state index is 12.9. The third-order valence-electron chi connectivity index (χ3n) is 2.56. The zero-order chi connectivity index (χ0) is 14.9. The summed E-state index contributed by atoms with van der Waals surface area (Å²) < 4.78 is 42.2. The molecule has 0 saturated heterocycles. The Morgan fingerprint density at radius 2 is 1.65 bits per heavy atom. The summed E-state index contributed by atoms with van der Waals surface area (Å²) in [6.07, 6.45) is 0. The first-order chi connectivity index (χ1) is 9.28. The lowest BCUT2D eigenvalue weighted by Crippen LogP contribution is -2.10. The quantitative estimate of drug-likeness (QED) is 0.808. The SMILES string of the molecule is Cc1cc(C)cc(OS(=O)(=O)c2ccc(F)cc2Cl)c1. The molecule has 20 heavy (non-hydrogen) atoms. The molecule has 2 aromatic rings. The van der Waals surface area contributed by atoms with E-state index in [2.05, 4.69) is 0 Å². The van der Waals surface area contributed by atoms with Gasteiger partial charge in [-0.15, -0.1) is 0 Å². The minimum absolute atomic E-state index is 0.197. The van der Waals surface area contributed by atoms with E-state index in [1.807, 2.05) is 19.9 Å². The second kappa shape index (κ2) is 5.42. The number of hydrogen-bond acceptors (Lipinski definition) is 3. The third-order valence-corrected chi connectivity index (χ3v) is 4.30. The second-order valence-electron chi connectivity index (χ2n) is 4.44. The third kappa shape index (κ3) is 3.29. The van der Waals surface area contributed by atoms with Crippen LogP contribution >= 0.6 is 11.6 Å². The fraction of sp³-hybridized carbons (Fsp3) is 0.143. The van der Waals surface area contributed by atoms with Crippen LogP contribution in [0.3, 0.4) is 0 Å². The van der Waals surface area contributed by atoms with Crippen molar-refractivity contribution in [3.63, 3.8) is 0 Å². The predicted octanol–water partition coefficient (Wildman–Crippen LogP) is 3.86. The molecular formula is C14H12ClFO3S. The van der Waals surface area contributed by atoms with Crippen LogP contribution in [0.15, 0.2) is 41.3 Å². The van der Waals surface area contributed by atoms with Gasteiger partial charge in [0, 0.05) is 0 Å². The van der Waals surface area contributed by atoms with Crippen molar-refractivity contribution in [1.82, 2.24) is 0 Å². The second-order valence-corrected chi connectivity index (χ2v) is 6.36. The maximum atomic E-state index is 12.9. The molecule has 0 aromatic heterocycles. The molecule has 0 bridgehead atoms. The standard InChI is InChI=1S/C14H12ClFO3S/c1-9-5-10(2)7-12(6-9)19-20(17,18)14-4-3-11(16)8-13(14)15/h3-8H,1-2H3. The fourth-order valence-corrected chi connectivity index (χ4v) is 3.25. The van der Waals surface area contributed by atoms with E-state index in [1.54, 1.807) is 12.1 Å². The molecule has 0 radical (unpaired) electrons. The summed E-state index contributed by atoms with van der Waals surface area (Å²) in [4.78, 5) is -0.264. The summed E-state index contributed by atoms with van der Waals surface area (Å²) in [6, 6.07) is 8.12. The zero-order valence-electron chi connectivity index (χ0n) is 10.9. The van der Waals surface area contributed by atoms with Crippen molar-refractivity contribution >= 4 is 21.7 Å². The van der Waals surface area contributed by atoms with Gasteiger partial charge in [0.2, 0.25) is 0 Å². The number of hydrogen-bond donors (Lipinski definition) is 0. The molecule has 0 aliphatic heterocycles. The molecule has 0 N–H and O–H groups in total. The molecule has 3 nitrogen and oxygen atoms in total. The largest absolute Gasteiger partial charge is 0.379 e. The molecule has 0 heterocycles. The summed E-state index contributed by atoms with van der Waals surface area (Å²) >= 11 is 5.74. The van der Waals surface area contributed by atoms with Crippen molar-refractivity contribution in [2.75, 3.05) is 0 Å². The predicted molar refractivity (Wildman–Crippen MR) is 75.1 cm³/mol. The van der Waals surface area contributed by atoms with Gasteiger partial charge < -0.3 is 4.18 Å². The molecule has 2 aromatic carbocycles.